The fourth-order valence-corrected chi connectivity index (χ4v) is 7.30. The van der Waals surface area contributed by atoms with Crippen LogP contribution in [0.2, 0.25) is 5.02 Å². The van der Waals surface area contributed by atoms with Gasteiger partial charge >= 0.3 is 5.97 Å². The van der Waals surface area contributed by atoms with Crippen molar-refractivity contribution in [3.05, 3.63) is 69.5 Å². The van der Waals surface area contributed by atoms with Gasteiger partial charge in [0.2, 0.25) is 5.69 Å². The van der Waals surface area contributed by atoms with Crippen LogP contribution >= 0.6 is 11.6 Å². The van der Waals surface area contributed by atoms with E-state index in [4.69, 9.17) is 32.4 Å². The maximum atomic E-state index is 13.6. The van der Waals surface area contributed by atoms with E-state index < -0.39 is 5.60 Å². The molecule has 42 heavy (non-hydrogen) atoms. The van der Waals surface area contributed by atoms with Crippen LogP contribution < -0.4 is 4.74 Å². The number of methoxy groups -OCH3 is 1. The summed E-state index contributed by atoms with van der Waals surface area (Å²) in [5.74, 6) is 6.87. The first kappa shape index (κ1) is 30.0. The van der Waals surface area contributed by atoms with Crippen molar-refractivity contribution in [1.29, 1.82) is 0 Å². The van der Waals surface area contributed by atoms with Gasteiger partial charge in [0, 0.05) is 47.6 Å². The van der Waals surface area contributed by atoms with Crippen LogP contribution in [0.15, 0.2) is 36.4 Å². The highest BCUT2D eigenvalue weighted by molar-refractivity contribution is 6.33. The van der Waals surface area contributed by atoms with Gasteiger partial charge in [-0.05, 0) is 61.6 Å². The molecule has 0 spiro atoms. The van der Waals surface area contributed by atoms with Crippen molar-refractivity contribution in [3.63, 3.8) is 0 Å². The van der Waals surface area contributed by atoms with Crippen molar-refractivity contribution in [3.8, 4) is 17.6 Å². The minimum atomic E-state index is -0.700. The Bertz CT molecular complexity index is 1490. The number of unbranched alkanes of at least 4 members (excludes halogenated alkanes) is 2. The van der Waals surface area contributed by atoms with Gasteiger partial charge in [-0.1, -0.05) is 57.2 Å². The number of rotatable bonds is 9. The number of ether oxygens (including phenoxy) is 3. The van der Waals surface area contributed by atoms with Crippen molar-refractivity contribution in [1.82, 2.24) is 4.90 Å². The Balaban J connectivity index is 1.18. The van der Waals surface area contributed by atoms with Gasteiger partial charge in [-0.25, -0.2) is 9.64 Å². The lowest BCUT2D eigenvalue weighted by molar-refractivity contribution is -0.199. The molecule has 0 radical (unpaired) electrons. The number of halogens is 1. The Morgan fingerprint density at radius 1 is 1.12 bits per heavy atom. The lowest BCUT2D eigenvalue weighted by atomic mass is 9.49. The summed E-state index contributed by atoms with van der Waals surface area (Å²) < 4.78 is 17.0. The number of hydrogen-bond donors (Lipinski definition) is 0. The Kier molecular flexibility index (Phi) is 8.05. The average Bonchev–Trinajstić information content (AvgIpc) is 3.68. The maximum absolute atomic E-state index is 13.6. The summed E-state index contributed by atoms with van der Waals surface area (Å²) in [5.41, 5.74) is 1.70. The zero-order valence-corrected chi connectivity index (χ0v) is 25.6. The lowest BCUT2D eigenvalue weighted by Gasteiger charge is -2.65. The molecule has 2 aromatic rings. The number of fused-ring (bicyclic) bond motifs is 1. The van der Waals surface area contributed by atoms with Crippen LogP contribution in [0.25, 0.3) is 4.85 Å². The Morgan fingerprint density at radius 2 is 1.86 bits per heavy atom. The summed E-state index contributed by atoms with van der Waals surface area (Å²) in [6, 6.07) is 11.0. The molecule has 8 heteroatoms. The van der Waals surface area contributed by atoms with E-state index in [-0.39, 0.29) is 34.9 Å². The summed E-state index contributed by atoms with van der Waals surface area (Å²) in [4.78, 5) is 30.7. The third-order valence-electron chi connectivity index (χ3n) is 8.87. The number of nitrogens with zero attached hydrogens (tertiary/aromatic N) is 2. The lowest BCUT2D eigenvalue weighted by Crippen LogP contribution is -2.74. The molecule has 3 aliphatic rings. The molecular formula is C34H37ClN2O5. The third-order valence-corrected chi connectivity index (χ3v) is 9.17. The number of carbonyl (C=O) groups excluding carboxylic acids is 2. The van der Waals surface area contributed by atoms with E-state index >= 15 is 0 Å². The zero-order valence-electron chi connectivity index (χ0n) is 24.9. The number of esters is 1. The fourth-order valence-electron chi connectivity index (χ4n) is 7.09. The summed E-state index contributed by atoms with van der Waals surface area (Å²) in [6.45, 7) is 16.8. The summed E-state index contributed by atoms with van der Waals surface area (Å²) in [5, 5.41) is 0.370. The van der Waals surface area contributed by atoms with E-state index in [9.17, 15) is 9.59 Å². The van der Waals surface area contributed by atoms with Crippen LogP contribution in [0.5, 0.6) is 5.75 Å². The molecule has 2 saturated carbocycles. The Labute approximate surface area is 253 Å². The number of amides is 1. The molecule has 0 aromatic heterocycles. The smallest absolute Gasteiger partial charge is 0.338 e. The average molecular weight is 589 g/mol. The first-order valence-electron chi connectivity index (χ1n) is 14.4. The van der Waals surface area contributed by atoms with Gasteiger partial charge in [0.05, 0.1) is 18.7 Å². The zero-order chi connectivity index (χ0) is 30.3. The predicted molar refractivity (Wildman–Crippen MR) is 160 cm³/mol. The molecule has 0 N–H and O–H groups in total. The van der Waals surface area contributed by atoms with Crippen LogP contribution in [-0.4, -0.2) is 48.2 Å². The minimum Gasteiger partial charge on any atom is -0.489 e. The monoisotopic (exact) mass is 588 g/mol. The van der Waals surface area contributed by atoms with Crippen molar-refractivity contribution in [2.75, 3.05) is 13.7 Å². The molecule has 2 aromatic carbocycles. The van der Waals surface area contributed by atoms with Crippen molar-refractivity contribution >= 4 is 29.2 Å². The molecule has 0 atom stereocenters. The summed E-state index contributed by atoms with van der Waals surface area (Å²) >= 11 is 6.25. The third kappa shape index (κ3) is 5.37. The molecule has 0 saturated heterocycles. The second-order valence-corrected chi connectivity index (χ2v) is 13.1. The van der Waals surface area contributed by atoms with E-state index in [1.165, 1.54) is 7.11 Å². The quantitative estimate of drug-likeness (QED) is 0.137. The predicted octanol–water partition coefficient (Wildman–Crippen LogP) is 6.97. The number of benzene rings is 2. The van der Waals surface area contributed by atoms with Crippen LogP contribution in [0.3, 0.4) is 0 Å². The van der Waals surface area contributed by atoms with Gasteiger partial charge in [-0.15, -0.1) is 0 Å². The highest BCUT2D eigenvalue weighted by atomic mass is 35.5. The first-order chi connectivity index (χ1) is 19.9. The number of carbonyl (C=O) groups is 2. The molecular weight excluding hydrogens is 552 g/mol. The Morgan fingerprint density at radius 3 is 2.50 bits per heavy atom. The SMILES string of the molecule is [C-]#[N+]c1ccc(OC2C(C)(C)C(N3Cc4cc(C#CCCCCOC5(C(=O)OC)CC5)ccc4C3=O)C2(C)C)cc1Cl. The first-order valence-corrected chi connectivity index (χ1v) is 14.8. The van der Waals surface area contributed by atoms with Crippen LogP contribution in [0.1, 0.15) is 81.3 Å². The van der Waals surface area contributed by atoms with Crippen LogP contribution in [-0.2, 0) is 20.8 Å². The maximum Gasteiger partial charge on any atom is 0.338 e. The highest BCUT2D eigenvalue weighted by Crippen LogP contribution is 2.59. The second-order valence-electron chi connectivity index (χ2n) is 12.7. The molecule has 5 rings (SSSR count). The van der Waals surface area contributed by atoms with Gasteiger partial charge in [0.15, 0.2) is 5.60 Å². The topological polar surface area (TPSA) is 69.4 Å². The van der Waals surface area contributed by atoms with Crippen LogP contribution in [0, 0.1) is 29.2 Å². The molecule has 1 aliphatic heterocycles. The van der Waals surface area contributed by atoms with E-state index in [1.54, 1.807) is 18.2 Å². The summed E-state index contributed by atoms with van der Waals surface area (Å²) in [6.07, 6.45) is 3.76. The fraction of sp³-hybridized carbons (Fsp3) is 0.500. The molecule has 0 unspecified atom stereocenters. The van der Waals surface area contributed by atoms with E-state index in [2.05, 4.69) is 44.4 Å². The normalized spacial score (nSPS) is 22.2. The molecule has 0 bridgehead atoms. The van der Waals surface area contributed by atoms with Gasteiger partial charge in [0.1, 0.15) is 11.9 Å². The van der Waals surface area contributed by atoms with Crippen molar-refractivity contribution in [2.24, 2.45) is 10.8 Å². The van der Waals surface area contributed by atoms with E-state index in [0.717, 1.165) is 48.8 Å². The standard InChI is InChI=1S/C34H37ClN2O5/c1-32(2)29(33(3,4)30(32)42-24-13-15-27(36-5)26(35)20-24)37-21-23-19-22(12-14-25(23)28(37)38)11-9-7-8-10-18-41-34(16-17-34)31(39)40-6/h12-15,19-20,29-30H,7-8,10,16-18,21H2,1-4,6H3. The van der Waals surface area contributed by atoms with Gasteiger partial charge < -0.3 is 19.1 Å². The van der Waals surface area contributed by atoms with Gasteiger partial charge in [-0.2, -0.15) is 0 Å². The molecule has 220 valence electrons. The molecule has 2 fully saturated rings. The molecule has 1 amide bonds. The highest BCUT2D eigenvalue weighted by Gasteiger charge is 2.67. The Hall–Kier alpha value is -3.52. The van der Waals surface area contributed by atoms with Gasteiger partial charge in [0.25, 0.3) is 5.91 Å². The van der Waals surface area contributed by atoms with Gasteiger partial charge in [-0.3, -0.25) is 4.79 Å². The van der Waals surface area contributed by atoms with Crippen molar-refractivity contribution < 1.29 is 23.8 Å². The number of hydrogen-bond acceptors (Lipinski definition) is 5. The molecule has 7 nitrogen and oxygen atoms in total. The van der Waals surface area contributed by atoms with E-state index in [1.807, 2.05) is 23.1 Å². The van der Waals surface area contributed by atoms with Crippen molar-refractivity contribution in [2.45, 2.75) is 84.1 Å². The second kappa shape index (κ2) is 11.3. The minimum absolute atomic E-state index is 0.0291. The van der Waals surface area contributed by atoms with E-state index in [0.29, 0.717) is 29.6 Å². The largest absolute Gasteiger partial charge is 0.489 e. The summed E-state index contributed by atoms with van der Waals surface area (Å²) in [7, 11) is 1.39. The molecule has 2 aliphatic carbocycles. The molecule has 1 heterocycles. The van der Waals surface area contributed by atoms with Crippen LogP contribution in [0.4, 0.5) is 5.69 Å².